The Kier molecular flexibility index (Phi) is 5.20. The molecule has 0 unspecified atom stereocenters. The van der Waals surface area contributed by atoms with E-state index in [-0.39, 0.29) is 18.2 Å². The summed E-state index contributed by atoms with van der Waals surface area (Å²) < 4.78 is 10.8. The van der Waals surface area contributed by atoms with E-state index in [2.05, 4.69) is 5.32 Å². The highest BCUT2D eigenvalue weighted by molar-refractivity contribution is 5.91. The molecule has 0 spiro atoms. The number of para-hydroxylation sites is 1. The Morgan fingerprint density at radius 2 is 2.00 bits per heavy atom. The van der Waals surface area contributed by atoms with Crippen LogP contribution in [0.5, 0.6) is 5.75 Å². The van der Waals surface area contributed by atoms with E-state index in [9.17, 15) is 4.79 Å². The first-order chi connectivity index (χ1) is 9.79. The van der Waals surface area contributed by atoms with Crippen LogP contribution < -0.4 is 15.8 Å². The molecular formula is C15H18N2O3. The summed E-state index contributed by atoms with van der Waals surface area (Å²) >= 11 is 0. The summed E-state index contributed by atoms with van der Waals surface area (Å²) in [5.74, 6) is 1.49. The van der Waals surface area contributed by atoms with Crippen molar-refractivity contribution >= 4 is 5.91 Å². The number of ether oxygens (including phenoxy) is 1. The quantitative estimate of drug-likeness (QED) is 0.756. The van der Waals surface area contributed by atoms with Gasteiger partial charge in [0.15, 0.2) is 5.76 Å². The van der Waals surface area contributed by atoms with Crippen molar-refractivity contribution in [2.24, 2.45) is 5.73 Å². The van der Waals surface area contributed by atoms with Crippen molar-refractivity contribution in [2.45, 2.75) is 13.0 Å². The third-order valence-electron chi connectivity index (χ3n) is 2.71. The van der Waals surface area contributed by atoms with Gasteiger partial charge in [-0.1, -0.05) is 18.2 Å². The summed E-state index contributed by atoms with van der Waals surface area (Å²) in [5, 5.41) is 2.77. The lowest BCUT2D eigenvalue weighted by Gasteiger charge is -2.06. The zero-order valence-electron chi connectivity index (χ0n) is 11.2. The largest absolute Gasteiger partial charge is 0.494 e. The number of carbonyl (C=O) groups excluding carboxylic acids is 1. The highest BCUT2D eigenvalue weighted by Gasteiger charge is 2.09. The Balaban J connectivity index is 1.64. The Labute approximate surface area is 117 Å². The predicted molar refractivity (Wildman–Crippen MR) is 75.5 cm³/mol. The molecule has 1 aromatic heterocycles. The SMILES string of the molecule is NCc1ccc(C(=O)NCCCOc2ccccc2)o1. The van der Waals surface area contributed by atoms with Gasteiger partial charge in [0, 0.05) is 6.54 Å². The van der Waals surface area contributed by atoms with Crippen LogP contribution in [0.4, 0.5) is 0 Å². The molecule has 2 aromatic rings. The highest BCUT2D eigenvalue weighted by Crippen LogP contribution is 2.08. The van der Waals surface area contributed by atoms with Crippen LogP contribution in [0.1, 0.15) is 22.7 Å². The van der Waals surface area contributed by atoms with Crippen LogP contribution in [0.3, 0.4) is 0 Å². The summed E-state index contributed by atoms with van der Waals surface area (Å²) in [5.41, 5.74) is 5.42. The van der Waals surface area contributed by atoms with E-state index < -0.39 is 0 Å². The first-order valence-corrected chi connectivity index (χ1v) is 6.54. The zero-order chi connectivity index (χ0) is 14.2. The van der Waals surface area contributed by atoms with Crippen LogP contribution in [0.25, 0.3) is 0 Å². The summed E-state index contributed by atoms with van der Waals surface area (Å²) in [6.07, 6.45) is 0.727. The lowest BCUT2D eigenvalue weighted by atomic mass is 10.3. The molecule has 20 heavy (non-hydrogen) atoms. The van der Waals surface area contributed by atoms with Gasteiger partial charge in [0.25, 0.3) is 5.91 Å². The van der Waals surface area contributed by atoms with Gasteiger partial charge in [-0.05, 0) is 30.7 Å². The van der Waals surface area contributed by atoms with E-state index in [0.717, 1.165) is 12.2 Å². The van der Waals surface area contributed by atoms with Gasteiger partial charge in [-0.3, -0.25) is 4.79 Å². The number of nitrogens with two attached hydrogens (primary N) is 1. The molecule has 0 atom stereocenters. The molecule has 0 radical (unpaired) electrons. The highest BCUT2D eigenvalue weighted by atomic mass is 16.5. The third kappa shape index (κ3) is 4.13. The van der Waals surface area contributed by atoms with Crippen LogP contribution in [-0.2, 0) is 6.54 Å². The number of benzene rings is 1. The van der Waals surface area contributed by atoms with Gasteiger partial charge in [0.1, 0.15) is 11.5 Å². The number of nitrogens with one attached hydrogen (secondary N) is 1. The maximum Gasteiger partial charge on any atom is 0.286 e. The third-order valence-corrected chi connectivity index (χ3v) is 2.71. The van der Waals surface area contributed by atoms with Gasteiger partial charge in [-0.15, -0.1) is 0 Å². The maximum absolute atomic E-state index is 11.7. The Morgan fingerprint density at radius 3 is 2.70 bits per heavy atom. The van der Waals surface area contributed by atoms with Crippen molar-refractivity contribution in [3.63, 3.8) is 0 Å². The van der Waals surface area contributed by atoms with Crippen LogP contribution in [0.2, 0.25) is 0 Å². The van der Waals surface area contributed by atoms with Gasteiger partial charge in [0.05, 0.1) is 13.2 Å². The van der Waals surface area contributed by atoms with Crippen LogP contribution in [-0.4, -0.2) is 19.1 Å². The summed E-state index contributed by atoms with van der Waals surface area (Å²) in [6, 6.07) is 12.9. The average molecular weight is 274 g/mol. The van der Waals surface area contributed by atoms with E-state index in [1.54, 1.807) is 12.1 Å². The fourth-order valence-electron chi connectivity index (χ4n) is 1.68. The molecular weight excluding hydrogens is 256 g/mol. The van der Waals surface area contributed by atoms with E-state index in [4.69, 9.17) is 14.9 Å². The maximum atomic E-state index is 11.7. The molecule has 0 bridgehead atoms. The number of hydrogen-bond donors (Lipinski definition) is 2. The van der Waals surface area contributed by atoms with Crippen LogP contribution >= 0.6 is 0 Å². The molecule has 5 heteroatoms. The number of carbonyl (C=O) groups is 1. The van der Waals surface area contributed by atoms with E-state index in [1.165, 1.54) is 0 Å². The minimum absolute atomic E-state index is 0.232. The molecule has 0 aliphatic carbocycles. The summed E-state index contributed by atoms with van der Waals surface area (Å²) in [7, 11) is 0. The smallest absolute Gasteiger partial charge is 0.286 e. The molecule has 1 heterocycles. The molecule has 1 aromatic carbocycles. The fourth-order valence-corrected chi connectivity index (χ4v) is 1.68. The second-order valence-corrected chi connectivity index (χ2v) is 4.24. The topological polar surface area (TPSA) is 77.5 Å². The van der Waals surface area contributed by atoms with Gasteiger partial charge >= 0.3 is 0 Å². The molecule has 1 amide bonds. The molecule has 0 aliphatic heterocycles. The van der Waals surface area contributed by atoms with E-state index in [1.807, 2.05) is 30.3 Å². The Hall–Kier alpha value is -2.27. The average Bonchev–Trinajstić information content (AvgIpc) is 2.97. The van der Waals surface area contributed by atoms with Crippen molar-refractivity contribution in [2.75, 3.05) is 13.2 Å². The van der Waals surface area contributed by atoms with Crippen molar-refractivity contribution in [1.82, 2.24) is 5.32 Å². The number of furan rings is 1. The zero-order valence-corrected chi connectivity index (χ0v) is 11.2. The van der Waals surface area contributed by atoms with Crippen LogP contribution in [0, 0.1) is 0 Å². The van der Waals surface area contributed by atoms with Gasteiger partial charge in [-0.2, -0.15) is 0 Å². The van der Waals surface area contributed by atoms with Crippen molar-refractivity contribution in [3.8, 4) is 5.75 Å². The van der Waals surface area contributed by atoms with Gasteiger partial charge in [-0.25, -0.2) is 0 Å². The standard InChI is InChI=1S/C15H18N2O3/c16-11-13-7-8-14(20-13)15(18)17-9-4-10-19-12-5-2-1-3-6-12/h1-3,5-8H,4,9-11,16H2,(H,17,18). The molecule has 2 rings (SSSR count). The minimum Gasteiger partial charge on any atom is -0.494 e. The summed E-state index contributed by atoms with van der Waals surface area (Å²) in [4.78, 5) is 11.7. The Morgan fingerprint density at radius 1 is 1.20 bits per heavy atom. The molecule has 106 valence electrons. The lowest BCUT2D eigenvalue weighted by molar-refractivity contribution is 0.0922. The number of amides is 1. The van der Waals surface area contributed by atoms with Gasteiger partial charge < -0.3 is 20.2 Å². The van der Waals surface area contributed by atoms with Gasteiger partial charge in [0.2, 0.25) is 0 Å². The number of rotatable bonds is 7. The Bertz CT molecular complexity index is 537. The number of hydrogen-bond acceptors (Lipinski definition) is 4. The molecule has 0 saturated carbocycles. The second kappa shape index (κ2) is 7.35. The second-order valence-electron chi connectivity index (χ2n) is 4.24. The summed E-state index contributed by atoms with van der Waals surface area (Å²) in [6.45, 7) is 1.37. The molecule has 0 fully saturated rings. The predicted octanol–water partition coefficient (Wildman–Crippen LogP) is 1.94. The molecule has 0 saturated heterocycles. The molecule has 3 N–H and O–H groups in total. The van der Waals surface area contributed by atoms with E-state index in [0.29, 0.717) is 18.9 Å². The van der Waals surface area contributed by atoms with Crippen molar-refractivity contribution < 1.29 is 13.9 Å². The lowest BCUT2D eigenvalue weighted by Crippen LogP contribution is -2.25. The first kappa shape index (κ1) is 14.1. The normalized spacial score (nSPS) is 10.2. The molecule has 5 nitrogen and oxygen atoms in total. The van der Waals surface area contributed by atoms with Crippen molar-refractivity contribution in [3.05, 3.63) is 54.0 Å². The van der Waals surface area contributed by atoms with Crippen molar-refractivity contribution in [1.29, 1.82) is 0 Å². The van der Waals surface area contributed by atoms with E-state index >= 15 is 0 Å². The van der Waals surface area contributed by atoms with Crippen LogP contribution in [0.15, 0.2) is 46.9 Å². The molecule has 0 aliphatic rings. The monoisotopic (exact) mass is 274 g/mol. The minimum atomic E-state index is -0.232. The first-order valence-electron chi connectivity index (χ1n) is 6.54. The fraction of sp³-hybridized carbons (Fsp3) is 0.267.